The number of guanidine groups is 1. The van der Waals surface area contributed by atoms with E-state index < -0.39 is 6.36 Å². The van der Waals surface area contributed by atoms with Crippen LogP contribution in [0.15, 0.2) is 33.8 Å². The molecule has 0 aliphatic heterocycles. The number of nitrogens with zero attached hydrogens (tertiary/aromatic N) is 3. The Morgan fingerprint density at radius 3 is 2.59 bits per heavy atom. The first-order valence-electron chi connectivity index (χ1n) is 6.04. The molecule has 118 valence electrons. The lowest BCUT2D eigenvalue weighted by Crippen LogP contribution is -2.22. The average molecular weight is 315 g/mol. The largest absolute Gasteiger partial charge is 0.573 e. The first-order chi connectivity index (χ1) is 10.3. The molecule has 0 atom stereocenters. The lowest BCUT2D eigenvalue weighted by Gasteiger charge is -2.10. The summed E-state index contributed by atoms with van der Waals surface area (Å²) in [7, 11) is 0. The maximum absolute atomic E-state index is 12.0. The molecule has 1 aromatic carbocycles. The smallest absolute Gasteiger partial charge is 0.406 e. The van der Waals surface area contributed by atoms with Gasteiger partial charge in [-0.05, 0) is 24.3 Å². The van der Waals surface area contributed by atoms with Gasteiger partial charge >= 0.3 is 6.36 Å². The molecule has 10 heteroatoms. The van der Waals surface area contributed by atoms with E-state index in [9.17, 15) is 13.2 Å². The Morgan fingerprint density at radius 1 is 1.36 bits per heavy atom. The van der Waals surface area contributed by atoms with Crippen molar-refractivity contribution in [3.63, 3.8) is 0 Å². The summed E-state index contributed by atoms with van der Waals surface area (Å²) in [5.41, 5.74) is 6.10. The van der Waals surface area contributed by atoms with Gasteiger partial charge in [-0.3, -0.25) is 0 Å². The first kappa shape index (κ1) is 15.6. The average Bonchev–Trinajstić information content (AvgIpc) is 2.83. The number of ether oxygens (including phenoxy) is 1. The van der Waals surface area contributed by atoms with Crippen LogP contribution in [-0.4, -0.2) is 22.5 Å². The molecule has 0 saturated heterocycles. The predicted octanol–water partition coefficient (Wildman–Crippen LogP) is 2.20. The lowest BCUT2D eigenvalue weighted by molar-refractivity contribution is -0.274. The van der Waals surface area contributed by atoms with Crippen LogP contribution in [0.2, 0.25) is 0 Å². The van der Waals surface area contributed by atoms with Gasteiger partial charge in [0.25, 0.3) is 0 Å². The van der Waals surface area contributed by atoms with Gasteiger partial charge in [0, 0.05) is 12.6 Å². The van der Waals surface area contributed by atoms with Crippen molar-refractivity contribution in [1.29, 1.82) is 0 Å². The number of hydrogen-bond acceptors (Lipinski definition) is 5. The van der Waals surface area contributed by atoms with Crippen molar-refractivity contribution < 1.29 is 22.4 Å². The minimum Gasteiger partial charge on any atom is -0.406 e. The standard InChI is InChI=1S/C12H12F3N5O2/c1-7-18-10(20-22-7)6-17-11(16)19-8-2-4-9(5-3-8)21-12(13,14)15/h2-5H,6H2,1H3,(H3,16,17,19). The number of alkyl halides is 3. The highest BCUT2D eigenvalue weighted by Gasteiger charge is 2.30. The second kappa shape index (κ2) is 6.33. The minimum atomic E-state index is -4.72. The molecule has 0 saturated carbocycles. The van der Waals surface area contributed by atoms with Crippen LogP contribution in [0, 0.1) is 6.92 Å². The summed E-state index contributed by atoms with van der Waals surface area (Å²) in [4.78, 5) is 7.92. The number of nitrogens with two attached hydrogens (primary N) is 1. The van der Waals surface area contributed by atoms with Crippen LogP contribution in [-0.2, 0) is 6.54 Å². The molecule has 0 aliphatic rings. The molecule has 0 radical (unpaired) electrons. The molecule has 0 spiro atoms. The highest BCUT2D eigenvalue weighted by Crippen LogP contribution is 2.23. The van der Waals surface area contributed by atoms with E-state index in [0.29, 0.717) is 17.4 Å². The normalized spacial score (nSPS) is 12.3. The summed E-state index contributed by atoms with van der Waals surface area (Å²) in [5.74, 6) is 0.524. The van der Waals surface area contributed by atoms with Crippen molar-refractivity contribution in [2.75, 3.05) is 5.32 Å². The molecular weight excluding hydrogens is 303 g/mol. The summed E-state index contributed by atoms with van der Waals surface area (Å²) in [6.07, 6.45) is -4.72. The quantitative estimate of drug-likeness (QED) is 0.663. The van der Waals surface area contributed by atoms with Crippen LogP contribution in [0.4, 0.5) is 18.9 Å². The van der Waals surface area contributed by atoms with Crippen LogP contribution in [0.1, 0.15) is 11.7 Å². The number of halogens is 3. The zero-order valence-electron chi connectivity index (χ0n) is 11.4. The molecule has 0 aliphatic carbocycles. The fourth-order valence-corrected chi connectivity index (χ4v) is 1.49. The third-order valence-electron chi connectivity index (χ3n) is 2.32. The molecule has 2 rings (SSSR count). The van der Waals surface area contributed by atoms with Crippen LogP contribution >= 0.6 is 0 Å². The van der Waals surface area contributed by atoms with Crippen molar-refractivity contribution in [2.24, 2.45) is 10.7 Å². The van der Waals surface area contributed by atoms with Crippen LogP contribution < -0.4 is 15.8 Å². The number of aliphatic imine (C=N–C) groups is 1. The summed E-state index contributed by atoms with van der Waals surface area (Å²) < 4.78 is 44.6. The van der Waals surface area contributed by atoms with E-state index in [-0.39, 0.29) is 18.3 Å². The highest BCUT2D eigenvalue weighted by atomic mass is 19.4. The second-order valence-electron chi connectivity index (χ2n) is 4.13. The van der Waals surface area contributed by atoms with Gasteiger partial charge in [-0.25, -0.2) is 4.99 Å². The molecule has 0 amide bonds. The number of aromatic nitrogens is 2. The lowest BCUT2D eigenvalue weighted by atomic mass is 10.3. The Hall–Kier alpha value is -2.78. The zero-order chi connectivity index (χ0) is 16.2. The van der Waals surface area contributed by atoms with Gasteiger partial charge in [0.15, 0.2) is 11.8 Å². The summed E-state index contributed by atoms with van der Waals surface area (Å²) in [5, 5.41) is 6.35. The fourth-order valence-electron chi connectivity index (χ4n) is 1.49. The summed E-state index contributed by atoms with van der Waals surface area (Å²) >= 11 is 0. The van der Waals surface area contributed by atoms with Crippen molar-refractivity contribution in [3.05, 3.63) is 36.0 Å². The van der Waals surface area contributed by atoms with Crippen molar-refractivity contribution in [1.82, 2.24) is 10.1 Å². The summed E-state index contributed by atoms with van der Waals surface area (Å²) in [6.45, 7) is 1.76. The number of aryl methyl sites for hydroxylation is 1. The number of nitrogens with one attached hydrogen (secondary N) is 1. The number of rotatable bonds is 4. The fraction of sp³-hybridized carbons (Fsp3) is 0.250. The molecular formula is C12H12F3N5O2. The van der Waals surface area contributed by atoms with Crippen molar-refractivity contribution in [2.45, 2.75) is 19.8 Å². The SMILES string of the molecule is Cc1nc(CN=C(N)Nc2ccc(OC(F)(F)F)cc2)no1. The Balaban J connectivity index is 1.92. The van der Waals surface area contributed by atoms with E-state index in [2.05, 4.69) is 25.2 Å². The van der Waals surface area contributed by atoms with E-state index in [1.54, 1.807) is 6.92 Å². The Labute approximate surface area is 123 Å². The van der Waals surface area contributed by atoms with Crippen molar-refractivity contribution in [3.8, 4) is 5.75 Å². The molecule has 1 heterocycles. The van der Waals surface area contributed by atoms with Gasteiger partial charge in [0.1, 0.15) is 12.3 Å². The third-order valence-corrected chi connectivity index (χ3v) is 2.32. The van der Waals surface area contributed by atoms with Gasteiger partial charge in [-0.2, -0.15) is 4.98 Å². The van der Waals surface area contributed by atoms with Gasteiger partial charge in [-0.15, -0.1) is 13.2 Å². The molecule has 0 fully saturated rings. The number of anilines is 1. The van der Waals surface area contributed by atoms with Gasteiger partial charge in [0.05, 0.1) is 0 Å². The Kier molecular flexibility index (Phi) is 4.49. The second-order valence-corrected chi connectivity index (χ2v) is 4.13. The molecule has 22 heavy (non-hydrogen) atoms. The van der Waals surface area contributed by atoms with E-state index in [1.165, 1.54) is 12.1 Å². The third kappa shape index (κ3) is 4.96. The maximum atomic E-state index is 12.0. The van der Waals surface area contributed by atoms with Crippen LogP contribution in [0.5, 0.6) is 5.75 Å². The number of hydrogen-bond donors (Lipinski definition) is 2. The minimum absolute atomic E-state index is 0.0620. The summed E-state index contributed by atoms with van der Waals surface area (Å²) in [6, 6.07) is 5.07. The zero-order valence-corrected chi connectivity index (χ0v) is 11.4. The molecule has 7 nitrogen and oxygen atoms in total. The van der Waals surface area contributed by atoms with Crippen LogP contribution in [0.25, 0.3) is 0 Å². The predicted molar refractivity (Wildman–Crippen MR) is 71.1 cm³/mol. The van der Waals surface area contributed by atoms with Gasteiger partial charge < -0.3 is 20.3 Å². The topological polar surface area (TPSA) is 98.6 Å². The molecule has 0 bridgehead atoms. The van der Waals surface area contributed by atoms with Crippen molar-refractivity contribution >= 4 is 11.6 Å². The van der Waals surface area contributed by atoms with E-state index in [4.69, 9.17) is 10.3 Å². The maximum Gasteiger partial charge on any atom is 0.573 e. The van der Waals surface area contributed by atoms with E-state index in [0.717, 1.165) is 12.1 Å². The van der Waals surface area contributed by atoms with Gasteiger partial charge in [-0.1, -0.05) is 5.16 Å². The Morgan fingerprint density at radius 2 is 2.05 bits per heavy atom. The molecule has 0 unspecified atom stereocenters. The molecule has 3 N–H and O–H groups in total. The highest BCUT2D eigenvalue weighted by molar-refractivity contribution is 5.92. The van der Waals surface area contributed by atoms with E-state index >= 15 is 0 Å². The number of benzene rings is 1. The monoisotopic (exact) mass is 315 g/mol. The van der Waals surface area contributed by atoms with Gasteiger partial charge in [0.2, 0.25) is 5.89 Å². The molecule has 2 aromatic rings. The first-order valence-corrected chi connectivity index (χ1v) is 6.04. The van der Waals surface area contributed by atoms with Crippen LogP contribution in [0.3, 0.4) is 0 Å². The van der Waals surface area contributed by atoms with E-state index in [1.807, 2.05) is 0 Å². The Bertz CT molecular complexity index is 652. The molecule has 1 aromatic heterocycles.